The molecule has 0 bridgehead atoms. The molecule has 2 rings (SSSR count). The van der Waals surface area contributed by atoms with Gasteiger partial charge in [0.1, 0.15) is 5.82 Å². The second-order valence-corrected chi connectivity index (χ2v) is 4.61. The molecule has 2 nitrogen and oxygen atoms in total. The van der Waals surface area contributed by atoms with E-state index in [1.165, 1.54) is 16.6 Å². The lowest BCUT2D eigenvalue weighted by atomic mass is 10.0. The highest BCUT2D eigenvalue weighted by Gasteiger charge is 2.12. The van der Waals surface area contributed by atoms with Crippen LogP contribution in [0.2, 0.25) is 0 Å². The standard InChI is InChI=1S/C14H20N2/c1-5-11(6-2)14-15-12-8-9(3)7-10(4)13(12)16-14/h7-8,11H,5-6H2,1-4H3,(H,15,16). The van der Waals surface area contributed by atoms with Crippen LogP contribution in [0.4, 0.5) is 0 Å². The first-order valence-corrected chi connectivity index (χ1v) is 6.12. The van der Waals surface area contributed by atoms with Gasteiger partial charge in [-0.25, -0.2) is 4.98 Å². The predicted molar refractivity (Wildman–Crippen MR) is 68.9 cm³/mol. The zero-order chi connectivity index (χ0) is 11.7. The number of fused-ring (bicyclic) bond motifs is 1. The van der Waals surface area contributed by atoms with Crippen molar-refractivity contribution in [1.82, 2.24) is 9.97 Å². The molecule has 0 amide bonds. The van der Waals surface area contributed by atoms with E-state index in [-0.39, 0.29) is 0 Å². The molecule has 0 aliphatic rings. The normalized spacial score (nSPS) is 11.6. The Kier molecular flexibility index (Phi) is 2.99. The predicted octanol–water partition coefficient (Wildman–Crippen LogP) is 4.08. The summed E-state index contributed by atoms with van der Waals surface area (Å²) in [6, 6.07) is 4.38. The van der Waals surface area contributed by atoms with Crippen molar-refractivity contribution in [2.75, 3.05) is 0 Å². The van der Waals surface area contributed by atoms with Gasteiger partial charge in [0, 0.05) is 5.92 Å². The van der Waals surface area contributed by atoms with Gasteiger partial charge in [-0.2, -0.15) is 0 Å². The number of benzene rings is 1. The summed E-state index contributed by atoms with van der Waals surface area (Å²) in [5.74, 6) is 1.71. The first kappa shape index (κ1) is 11.2. The quantitative estimate of drug-likeness (QED) is 0.822. The minimum absolute atomic E-state index is 0.562. The van der Waals surface area contributed by atoms with Crippen LogP contribution in [0.15, 0.2) is 12.1 Å². The molecular formula is C14H20N2. The van der Waals surface area contributed by atoms with Crippen molar-refractivity contribution in [3.63, 3.8) is 0 Å². The average Bonchev–Trinajstić information content (AvgIpc) is 2.63. The van der Waals surface area contributed by atoms with Crippen molar-refractivity contribution < 1.29 is 0 Å². The number of H-pyrrole nitrogens is 1. The summed E-state index contributed by atoms with van der Waals surface area (Å²) in [5.41, 5.74) is 4.88. The maximum Gasteiger partial charge on any atom is 0.110 e. The number of aromatic amines is 1. The van der Waals surface area contributed by atoms with Gasteiger partial charge >= 0.3 is 0 Å². The molecule has 2 aromatic rings. The molecule has 0 atom stereocenters. The molecule has 0 fully saturated rings. The molecule has 0 unspecified atom stereocenters. The zero-order valence-corrected chi connectivity index (χ0v) is 10.6. The number of rotatable bonds is 3. The van der Waals surface area contributed by atoms with Crippen LogP contribution in [0.5, 0.6) is 0 Å². The highest BCUT2D eigenvalue weighted by Crippen LogP contribution is 2.25. The number of imidazole rings is 1. The highest BCUT2D eigenvalue weighted by atomic mass is 14.9. The Morgan fingerprint density at radius 3 is 2.50 bits per heavy atom. The molecule has 0 saturated heterocycles. The topological polar surface area (TPSA) is 28.7 Å². The molecule has 1 heterocycles. The van der Waals surface area contributed by atoms with Crippen LogP contribution in [0.1, 0.15) is 49.6 Å². The molecule has 16 heavy (non-hydrogen) atoms. The summed E-state index contributed by atoms with van der Waals surface area (Å²) in [6.07, 6.45) is 2.29. The Balaban J connectivity index is 2.55. The second kappa shape index (κ2) is 4.28. The largest absolute Gasteiger partial charge is 0.342 e. The van der Waals surface area contributed by atoms with Crippen molar-refractivity contribution in [2.24, 2.45) is 0 Å². The Morgan fingerprint density at radius 1 is 1.19 bits per heavy atom. The van der Waals surface area contributed by atoms with Crippen LogP contribution >= 0.6 is 0 Å². The van der Waals surface area contributed by atoms with Gasteiger partial charge in [0.05, 0.1) is 11.0 Å². The van der Waals surface area contributed by atoms with Gasteiger partial charge in [-0.15, -0.1) is 0 Å². The lowest BCUT2D eigenvalue weighted by Crippen LogP contribution is -1.97. The fourth-order valence-corrected chi connectivity index (χ4v) is 2.36. The third-order valence-electron chi connectivity index (χ3n) is 3.31. The van der Waals surface area contributed by atoms with Gasteiger partial charge in [0.25, 0.3) is 0 Å². The van der Waals surface area contributed by atoms with E-state index >= 15 is 0 Å². The Bertz CT molecular complexity index is 493. The zero-order valence-electron chi connectivity index (χ0n) is 10.6. The maximum absolute atomic E-state index is 4.74. The van der Waals surface area contributed by atoms with Crippen molar-refractivity contribution in [1.29, 1.82) is 0 Å². The lowest BCUT2D eigenvalue weighted by Gasteiger charge is -2.07. The molecule has 0 aliphatic carbocycles. The number of nitrogens with zero attached hydrogens (tertiary/aromatic N) is 1. The van der Waals surface area contributed by atoms with Gasteiger partial charge in [0.15, 0.2) is 0 Å². The number of aryl methyl sites for hydroxylation is 2. The van der Waals surface area contributed by atoms with Gasteiger partial charge in [-0.05, 0) is 43.9 Å². The van der Waals surface area contributed by atoms with Crippen LogP contribution < -0.4 is 0 Å². The van der Waals surface area contributed by atoms with Crippen LogP contribution in [-0.4, -0.2) is 9.97 Å². The van der Waals surface area contributed by atoms with Crippen molar-refractivity contribution in [3.05, 3.63) is 29.1 Å². The summed E-state index contributed by atoms with van der Waals surface area (Å²) in [7, 11) is 0. The summed E-state index contributed by atoms with van der Waals surface area (Å²) in [6.45, 7) is 8.70. The number of hydrogen-bond donors (Lipinski definition) is 1. The van der Waals surface area contributed by atoms with Crippen molar-refractivity contribution in [3.8, 4) is 0 Å². The third kappa shape index (κ3) is 1.84. The molecule has 86 valence electrons. The molecule has 1 N–H and O–H groups in total. The van der Waals surface area contributed by atoms with Crippen LogP contribution in [0, 0.1) is 13.8 Å². The summed E-state index contributed by atoms with van der Waals surface area (Å²) in [5, 5.41) is 0. The fraction of sp³-hybridized carbons (Fsp3) is 0.500. The minimum atomic E-state index is 0.562. The SMILES string of the molecule is CCC(CC)c1nc2c(C)cc(C)cc2[nH]1. The van der Waals surface area contributed by atoms with Gasteiger partial charge < -0.3 is 4.98 Å². The summed E-state index contributed by atoms with van der Waals surface area (Å²) >= 11 is 0. The van der Waals surface area contributed by atoms with E-state index in [1.807, 2.05) is 0 Å². The first-order chi connectivity index (χ1) is 7.65. The van der Waals surface area contributed by atoms with Crippen molar-refractivity contribution in [2.45, 2.75) is 46.5 Å². The Hall–Kier alpha value is -1.31. The first-order valence-electron chi connectivity index (χ1n) is 6.12. The number of aromatic nitrogens is 2. The van der Waals surface area contributed by atoms with E-state index in [1.54, 1.807) is 0 Å². The van der Waals surface area contributed by atoms with E-state index in [0.717, 1.165) is 24.2 Å². The van der Waals surface area contributed by atoms with E-state index in [4.69, 9.17) is 4.98 Å². The molecule has 2 heteroatoms. The summed E-state index contributed by atoms with van der Waals surface area (Å²) in [4.78, 5) is 8.21. The second-order valence-electron chi connectivity index (χ2n) is 4.61. The van der Waals surface area contributed by atoms with E-state index < -0.39 is 0 Å². The minimum Gasteiger partial charge on any atom is -0.342 e. The van der Waals surface area contributed by atoms with Crippen LogP contribution in [-0.2, 0) is 0 Å². The lowest BCUT2D eigenvalue weighted by molar-refractivity contribution is 0.611. The third-order valence-corrected chi connectivity index (χ3v) is 3.31. The maximum atomic E-state index is 4.74. The molecular weight excluding hydrogens is 196 g/mol. The van der Waals surface area contributed by atoms with Crippen LogP contribution in [0.3, 0.4) is 0 Å². The summed E-state index contributed by atoms with van der Waals surface area (Å²) < 4.78 is 0. The van der Waals surface area contributed by atoms with E-state index in [0.29, 0.717) is 5.92 Å². The molecule has 0 aliphatic heterocycles. The average molecular weight is 216 g/mol. The Morgan fingerprint density at radius 2 is 1.88 bits per heavy atom. The molecule has 1 aromatic heterocycles. The molecule has 0 saturated carbocycles. The Labute approximate surface area is 97.1 Å². The monoisotopic (exact) mass is 216 g/mol. The van der Waals surface area contributed by atoms with Gasteiger partial charge in [-0.3, -0.25) is 0 Å². The van der Waals surface area contributed by atoms with Crippen LogP contribution in [0.25, 0.3) is 11.0 Å². The molecule has 1 aromatic carbocycles. The molecule has 0 spiro atoms. The highest BCUT2D eigenvalue weighted by molar-refractivity contribution is 5.79. The number of nitrogens with one attached hydrogen (secondary N) is 1. The van der Waals surface area contributed by atoms with Crippen molar-refractivity contribution >= 4 is 11.0 Å². The molecule has 0 radical (unpaired) electrons. The van der Waals surface area contributed by atoms with Gasteiger partial charge in [-0.1, -0.05) is 19.9 Å². The fourth-order valence-electron chi connectivity index (χ4n) is 2.36. The van der Waals surface area contributed by atoms with E-state index in [9.17, 15) is 0 Å². The smallest absolute Gasteiger partial charge is 0.110 e. The number of hydrogen-bond acceptors (Lipinski definition) is 1. The van der Waals surface area contributed by atoms with Gasteiger partial charge in [0.2, 0.25) is 0 Å². The van der Waals surface area contributed by atoms with E-state index in [2.05, 4.69) is 44.8 Å².